The van der Waals surface area contributed by atoms with Crippen LogP contribution >= 0.6 is 39.1 Å². The first kappa shape index (κ1) is 23.1. The molecule has 0 saturated heterocycles. The number of ether oxygens (including phenoxy) is 2. The Labute approximate surface area is 198 Å². The number of halogens is 3. The first-order valence-electron chi connectivity index (χ1n) is 9.27. The van der Waals surface area contributed by atoms with Crippen LogP contribution in [0.15, 0.2) is 77.3 Å². The third-order valence-electron chi connectivity index (χ3n) is 4.16. The van der Waals surface area contributed by atoms with Crippen molar-refractivity contribution in [2.45, 2.75) is 19.3 Å². The zero-order valence-corrected chi connectivity index (χ0v) is 19.3. The van der Waals surface area contributed by atoms with Gasteiger partial charge < -0.3 is 14.8 Å². The van der Waals surface area contributed by atoms with E-state index in [4.69, 9.17) is 32.7 Å². The molecule has 3 aromatic carbocycles. The van der Waals surface area contributed by atoms with Crippen LogP contribution in [0.3, 0.4) is 0 Å². The van der Waals surface area contributed by atoms with Crippen LogP contribution in [0.4, 0.5) is 5.69 Å². The monoisotopic (exact) mass is 521 g/mol. The van der Waals surface area contributed by atoms with E-state index >= 15 is 0 Å². The predicted molar refractivity (Wildman–Crippen MR) is 124 cm³/mol. The lowest BCUT2D eigenvalue weighted by atomic mass is 10.2. The molecule has 0 aliphatic rings. The number of anilines is 1. The molecule has 3 aromatic rings. The normalized spacial score (nSPS) is 11.5. The van der Waals surface area contributed by atoms with Crippen LogP contribution < -0.4 is 5.32 Å². The molecule has 0 radical (unpaired) electrons. The molecule has 0 bridgehead atoms. The van der Waals surface area contributed by atoms with E-state index < -0.39 is 18.2 Å². The van der Waals surface area contributed by atoms with Crippen molar-refractivity contribution in [2.24, 2.45) is 0 Å². The van der Waals surface area contributed by atoms with Gasteiger partial charge in [0.2, 0.25) is 0 Å². The Morgan fingerprint density at radius 1 is 0.903 bits per heavy atom. The van der Waals surface area contributed by atoms with E-state index in [-0.39, 0.29) is 28.8 Å². The summed E-state index contributed by atoms with van der Waals surface area (Å²) in [7, 11) is 0. The Hall–Kier alpha value is -2.54. The average Bonchev–Trinajstić information content (AvgIpc) is 2.74. The van der Waals surface area contributed by atoms with Crippen molar-refractivity contribution in [3.8, 4) is 0 Å². The van der Waals surface area contributed by atoms with Crippen LogP contribution in [0.2, 0.25) is 10.0 Å². The highest BCUT2D eigenvalue weighted by molar-refractivity contribution is 9.10. The Morgan fingerprint density at radius 2 is 1.55 bits per heavy atom. The fourth-order valence-corrected chi connectivity index (χ4v) is 3.65. The summed E-state index contributed by atoms with van der Waals surface area (Å²) in [6.07, 6.45) is -1.44. The number of benzene rings is 3. The summed E-state index contributed by atoms with van der Waals surface area (Å²) in [4.78, 5) is 25.2. The van der Waals surface area contributed by atoms with Gasteiger partial charge in [0.15, 0.2) is 0 Å². The van der Waals surface area contributed by atoms with E-state index in [0.29, 0.717) is 0 Å². The van der Waals surface area contributed by atoms with E-state index in [1.165, 1.54) is 0 Å². The number of carbonyl (C=O) groups excluding carboxylic acids is 2. The highest BCUT2D eigenvalue weighted by Gasteiger charge is 2.26. The maximum Gasteiger partial charge on any atom is 0.369 e. The number of esters is 2. The molecule has 0 heterocycles. The SMILES string of the molecule is O=C(Cc1ccccc1)OC(Nc1c(Cl)cccc1Cl)C(=O)OCc1cccc(Br)c1. The molecule has 3 rings (SSSR count). The van der Waals surface area contributed by atoms with Crippen molar-refractivity contribution in [1.82, 2.24) is 0 Å². The van der Waals surface area contributed by atoms with Crippen molar-refractivity contribution in [3.63, 3.8) is 0 Å². The van der Waals surface area contributed by atoms with E-state index in [9.17, 15) is 9.59 Å². The van der Waals surface area contributed by atoms with Crippen LogP contribution in [0.5, 0.6) is 0 Å². The molecule has 0 aromatic heterocycles. The third kappa shape index (κ3) is 6.99. The number of para-hydroxylation sites is 1. The summed E-state index contributed by atoms with van der Waals surface area (Å²) >= 11 is 15.8. The minimum absolute atomic E-state index is 0.00292. The topological polar surface area (TPSA) is 64.6 Å². The standard InChI is InChI=1S/C23H18BrCl2NO4/c24-17-9-4-8-16(12-17)14-30-23(29)22(27-21-18(25)10-5-11-19(21)26)31-20(28)13-15-6-2-1-3-7-15/h1-12,22,27H,13-14H2. The number of rotatable bonds is 8. The average molecular weight is 523 g/mol. The third-order valence-corrected chi connectivity index (χ3v) is 5.29. The first-order chi connectivity index (χ1) is 14.9. The highest BCUT2D eigenvalue weighted by Crippen LogP contribution is 2.30. The molecule has 0 fully saturated rings. The van der Waals surface area contributed by atoms with Gasteiger partial charge in [-0.05, 0) is 35.4 Å². The molecular formula is C23H18BrCl2NO4. The lowest BCUT2D eigenvalue weighted by Gasteiger charge is -2.20. The highest BCUT2D eigenvalue weighted by atomic mass is 79.9. The van der Waals surface area contributed by atoms with Crippen molar-refractivity contribution in [1.29, 1.82) is 0 Å². The summed E-state index contributed by atoms with van der Waals surface area (Å²) in [6.45, 7) is 0.00292. The van der Waals surface area contributed by atoms with Crippen molar-refractivity contribution < 1.29 is 19.1 Å². The maximum absolute atomic E-state index is 12.8. The van der Waals surface area contributed by atoms with E-state index in [2.05, 4.69) is 21.2 Å². The minimum atomic E-state index is -1.43. The van der Waals surface area contributed by atoms with Crippen molar-refractivity contribution in [2.75, 3.05) is 5.32 Å². The van der Waals surface area contributed by atoms with Gasteiger partial charge in [-0.2, -0.15) is 0 Å². The van der Waals surface area contributed by atoms with Crippen molar-refractivity contribution in [3.05, 3.63) is 98.4 Å². The van der Waals surface area contributed by atoms with E-state index in [1.807, 2.05) is 42.5 Å². The quantitative estimate of drug-likeness (QED) is 0.289. The Kier molecular flexibility index (Phi) is 8.35. The number of nitrogens with one attached hydrogen (secondary N) is 1. The van der Waals surface area contributed by atoms with Crippen LogP contribution in [-0.4, -0.2) is 18.2 Å². The molecule has 5 nitrogen and oxygen atoms in total. The summed E-state index contributed by atoms with van der Waals surface area (Å²) in [5.74, 6) is -1.39. The fourth-order valence-electron chi connectivity index (χ4n) is 2.70. The summed E-state index contributed by atoms with van der Waals surface area (Å²) < 4.78 is 11.6. The maximum atomic E-state index is 12.8. The van der Waals surface area contributed by atoms with Crippen LogP contribution in [0.1, 0.15) is 11.1 Å². The smallest absolute Gasteiger partial charge is 0.369 e. The molecule has 1 unspecified atom stereocenters. The second-order valence-corrected chi connectivity index (χ2v) is 8.24. The zero-order valence-electron chi connectivity index (χ0n) is 16.2. The molecule has 1 atom stereocenters. The van der Waals surface area contributed by atoms with Gasteiger partial charge in [0.05, 0.1) is 22.2 Å². The molecular weight excluding hydrogens is 505 g/mol. The first-order valence-corrected chi connectivity index (χ1v) is 10.8. The van der Waals surface area contributed by atoms with Crippen LogP contribution in [-0.2, 0) is 32.1 Å². The molecule has 160 valence electrons. The Morgan fingerprint density at radius 3 is 2.23 bits per heavy atom. The number of carbonyl (C=O) groups is 2. The minimum Gasteiger partial charge on any atom is -0.457 e. The lowest BCUT2D eigenvalue weighted by molar-refractivity contribution is -0.166. The number of hydrogen-bond acceptors (Lipinski definition) is 5. The Balaban J connectivity index is 1.74. The van der Waals surface area contributed by atoms with Crippen molar-refractivity contribution >= 4 is 56.8 Å². The second-order valence-electron chi connectivity index (χ2n) is 6.51. The largest absolute Gasteiger partial charge is 0.457 e. The molecule has 8 heteroatoms. The zero-order chi connectivity index (χ0) is 22.2. The van der Waals surface area contributed by atoms with Gasteiger partial charge in [-0.1, -0.05) is 87.7 Å². The van der Waals surface area contributed by atoms with Gasteiger partial charge >= 0.3 is 11.9 Å². The molecule has 0 aliphatic heterocycles. The molecule has 0 spiro atoms. The van der Waals surface area contributed by atoms with E-state index in [1.54, 1.807) is 30.3 Å². The summed E-state index contributed by atoms with van der Waals surface area (Å²) in [5, 5.41) is 3.34. The van der Waals surface area contributed by atoms with Crippen LogP contribution in [0, 0.1) is 0 Å². The molecule has 0 amide bonds. The van der Waals surface area contributed by atoms with Gasteiger partial charge in [-0.3, -0.25) is 4.79 Å². The second kappa shape index (κ2) is 11.2. The van der Waals surface area contributed by atoms with Gasteiger partial charge in [0.25, 0.3) is 6.23 Å². The van der Waals surface area contributed by atoms with E-state index in [0.717, 1.165) is 15.6 Å². The van der Waals surface area contributed by atoms with Gasteiger partial charge in [-0.25, -0.2) is 4.79 Å². The molecule has 31 heavy (non-hydrogen) atoms. The summed E-state index contributed by atoms with van der Waals surface area (Å²) in [6, 6.07) is 21.2. The number of hydrogen-bond donors (Lipinski definition) is 1. The van der Waals surface area contributed by atoms with Gasteiger partial charge in [0.1, 0.15) is 6.61 Å². The molecule has 1 N–H and O–H groups in total. The lowest BCUT2D eigenvalue weighted by Crippen LogP contribution is -2.36. The van der Waals surface area contributed by atoms with Gasteiger partial charge in [0, 0.05) is 4.47 Å². The van der Waals surface area contributed by atoms with Crippen LogP contribution in [0.25, 0.3) is 0 Å². The predicted octanol–water partition coefficient (Wildman–Crippen LogP) is 6.02. The fraction of sp³-hybridized carbons (Fsp3) is 0.130. The molecule has 0 saturated carbocycles. The summed E-state index contributed by atoms with van der Waals surface area (Å²) in [5.41, 5.74) is 1.79. The Bertz CT molecular complexity index is 1040. The van der Waals surface area contributed by atoms with Gasteiger partial charge in [-0.15, -0.1) is 0 Å². The molecule has 0 aliphatic carbocycles.